The van der Waals surface area contributed by atoms with Crippen molar-refractivity contribution in [3.63, 3.8) is 0 Å². The second-order valence-corrected chi connectivity index (χ2v) is 19.5. The van der Waals surface area contributed by atoms with Gasteiger partial charge in [-0.3, -0.25) is 4.79 Å². The van der Waals surface area contributed by atoms with Gasteiger partial charge in [0.15, 0.2) is 10.0 Å². The van der Waals surface area contributed by atoms with Crippen molar-refractivity contribution < 1.29 is 13.2 Å². The summed E-state index contributed by atoms with van der Waals surface area (Å²) in [7, 11) is -3.45. The Hall–Kier alpha value is -5.40. The maximum Gasteiger partial charge on any atom is 0.234 e. The molecule has 2 saturated heterocycles. The topological polar surface area (TPSA) is 191 Å². The van der Waals surface area contributed by atoms with E-state index in [-0.39, 0.29) is 22.7 Å². The number of aromatic amines is 2. The number of aromatic nitrogens is 8. The molecule has 302 valence electrons. The number of piperidine rings is 2. The van der Waals surface area contributed by atoms with Crippen LogP contribution < -0.4 is 10.6 Å². The lowest BCUT2D eigenvalue weighted by Crippen LogP contribution is -2.48. The van der Waals surface area contributed by atoms with Gasteiger partial charge in [-0.1, -0.05) is 42.4 Å². The van der Waals surface area contributed by atoms with Gasteiger partial charge >= 0.3 is 0 Å². The molecule has 18 heteroatoms. The monoisotopic (exact) mass is 838 g/mol. The van der Waals surface area contributed by atoms with Crippen molar-refractivity contribution >= 4 is 71.9 Å². The molecule has 6 aromatic heterocycles. The van der Waals surface area contributed by atoms with Crippen LogP contribution in [-0.2, 0) is 14.6 Å². The fourth-order valence-corrected chi connectivity index (χ4v) is 10.1. The van der Waals surface area contributed by atoms with Crippen LogP contribution in [0.5, 0.6) is 0 Å². The van der Waals surface area contributed by atoms with Crippen molar-refractivity contribution in [3.05, 3.63) is 41.9 Å². The molecule has 6 aromatic rings. The summed E-state index contributed by atoms with van der Waals surface area (Å²) in [5.74, 6) is 6.06. The highest BCUT2D eigenvalue weighted by molar-refractivity contribution is 7.92. The number of likely N-dealkylation sites (tertiary alicyclic amines) is 2. The molecular formula is C40H46N12O3S3. The van der Waals surface area contributed by atoms with E-state index in [1.807, 2.05) is 25.4 Å². The fourth-order valence-electron chi connectivity index (χ4n) is 7.76. The van der Waals surface area contributed by atoms with E-state index in [1.54, 1.807) is 28.6 Å². The maximum absolute atomic E-state index is 12.4. The summed E-state index contributed by atoms with van der Waals surface area (Å²) < 4.78 is 23.7. The maximum atomic E-state index is 12.4. The van der Waals surface area contributed by atoms with Crippen LogP contribution in [0, 0.1) is 43.4 Å². The van der Waals surface area contributed by atoms with E-state index in [4.69, 9.17) is 12.8 Å². The zero-order valence-corrected chi connectivity index (χ0v) is 35.3. The molecule has 0 radical (unpaired) electrons. The van der Waals surface area contributed by atoms with E-state index in [9.17, 15) is 13.2 Å². The largest absolute Gasteiger partial charge is 0.380 e. The standard InChI is InChI=1S/C20H22N6O3S2.C20H24N6S/c1-4-5-16(27)26-10-12(2)8-13(11-26)23-17-14-6-7-21-18(14)22-9-15(17)19-24-25-20(30-19)31(3,28)29;1-4-5-8-26-11-13(2)9-15(12-26)23-18-16-6-7-21-19(16)22-10-17(18)20-25-24-14(3)27-20/h1,6-7,9,12-13H,5,8,10-11H2,2-3H3,(H2,21,22,23);1,6-7,10,13,15H,5,8-9,11-12H2,2-3H3,(H2,21,22,23)/t12-,13+;13-,15+/m00/s1. The van der Waals surface area contributed by atoms with Crippen LogP contribution in [0.25, 0.3) is 43.2 Å². The molecule has 4 N–H and O–H groups in total. The predicted octanol–water partition coefficient (Wildman–Crippen LogP) is 5.69. The number of sulfone groups is 1. The second-order valence-electron chi connectivity index (χ2n) is 15.1. The van der Waals surface area contributed by atoms with Gasteiger partial charge in [0.25, 0.3) is 0 Å². The van der Waals surface area contributed by atoms with Gasteiger partial charge in [-0.05, 0) is 43.7 Å². The van der Waals surface area contributed by atoms with Crippen LogP contribution >= 0.6 is 22.7 Å². The SMILES string of the molecule is C#CCC(=O)N1C[C@@H](C)C[C@@H](Nc2c(-c3nnc(S(C)(=O)=O)s3)cnc3[nH]ccc23)C1.C#CCCN1C[C@@H](C)C[C@@H](Nc2c(-c3nnc(C)s3)cnc3[nH]ccc23)C1. The summed E-state index contributed by atoms with van der Waals surface area (Å²) in [6, 6.07) is 4.33. The molecule has 15 nitrogen and oxygen atoms in total. The molecule has 2 fully saturated rings. The lowest BCUT2D eigenvalue weighted by atomic mass is 9.95. The molecule has 58 heavy (non-hydrogen) atoms. The van der Waals surface area contributed by atoms with Gasteiger partial charge in [-0.2, -0.15) is 0 Å². The molecule has 2 aliphatic heterocycles. The highest BCUT2D eigenvalue weighted by Crippen LogP contribution is 2.38. The number of fused-ring (bicyclic) bond motifs is 2. The minimum Gasteiger partial charge on any atom is -0.380 e. The molecule has 0 unspecified atom stereocenters. The Morgan fingerprint density at radius 3 is 1.98 bits per heavy atom. The molecule has 0 aromatic carbocycles. The summed E-state index contributed by atoms with van der Waals surface area (Å²) in [6.45, 7) is 10.7. The Bertz CT molecular complexity index is 2600. The average molecular weight is 839 g/mol. The Kier molecular flexibility index (Phi) is 12.4. The van der Waals surface area contributed by atoms with Gasteiger partial charge in [0.05, 0.1) is 28.9 Å². The van der Waals surface area contributed by atoms with Crippen LogP contribution in [0.15, 0.2) is 41.3 Å². The van der Waals surface area contributed by atoms with E-state index < -0.39 is 9.84 Å². The lowest BCUT2D eigenvalue weighted by molar-refractivity contribution is -0.131. The first-order valence-electron chi connectivity index (χ1n) is 19.1. The lowest BCUT2D eigenvalue weighted by Gasteiger charge is -2.37. The van der Waals surface area contributed by atoms with Crippen LogP contribution in [0.3, 0.4) is 0 Å². The highest BCUT2D eigenvalue weighted by Gasteiger charge is 2.30. The molecule has 0 aliphatic carbocycles. The van der Waals surface area contributed by atoms with Crippen LogP contribution in [0.4, 0.5) is 11.4 Å². The van der Waals surface area contributed by atoms with Crippen molar-refractivity contribution in [1.82, 2.24) is 50.1 Å². The number of terminal acetylenes is 2. The molecule has 0 bridgehead atoms. The molecule has 0 spiro atoms. The summed E-state index contributed by atoms with van der Waals surface area (Å²) >= 11 is 2.60. The number of nitrogens with zero attached hydrogens (tertiary/aromatic N) is 8. The number of anilines is 2. The van der Waals surface area contributed by atoms with Crippen molar-refractivity contribution in [1.29, 1.82) is 0 Å². The number of H-pyrrole nitrogens is 2. The molecule has 4 atom stereocenters. The quantitative estimate of drug-likeness (QED) is 0.124. The van der Waals surface area contributed by atoms with E-state index in [1.165, 1.54) is 0 Å². The summed E-state index contributed by atoms with van der Waals surface area (Å²) in [4.78, 5) is 31.9. The van der Waals surface area contributed by atoms with Crippen molar-refractivity contribution in [2.24, 2.45) is 11.8 Å². The number of carbonyl (C=O) groups is 1. The molecule has 8 rings (SSSR count). The molecule has 0 saturated carbocycles. The Labute approximate surface area is 345 Å². The van der Waals surface area contributed by atoms with Gasteiger partial charge < -0.3 is 30.4 Å². The van der Waals surface area contributed by atoms with Gasteiger partial charge in [0.2, 0.25) is 20.1 Å². The Morgan fingerprint density at radius 1 is 0.845 bits per heavy atom. The van der Waals surface area contributed by atoms with Gasteiger partial charge in [0.1, 0.15) is 16.3 Å². The Balaban J connectivity index is 0.000000178. The second kappa shape index (κ2) is 17.6. The normalized spacial score (nSPS) is 19.9. The van der Waals surface area contributed by atoms with Crippen LogP contribution in [0.1, 0.15) is 44.5 Å². The third-order valence-electron chi connectivity index (χ3n) is 10.2. The highest BCUT2D eigenvalue weighted by atomic mass is 32.2. The summed E-state index contributed by atoms with van der Waals surface area (Å²) in [6.07, 6.45) is 22.0. The number of hydrogen-bond acceptors (Lipinski definition) is 14. The first-order valence-corrected chi connectivity index (χ1v) is 22.6. The van der Waals surface area contributed by atoms with Gasteiger partial charge in [-0.25, -0.2) is 18.4 Å². The zero-order valence-electron chi connectivity index (χ0n) is 32.8. The molecule has 1 amide bonds. The fraction of sp³-hybridized carbons (Fsp3) is 0.425. The van der Waals surface area contributed by atoms with Gasteiger partial charge in [0, 0.05) is 93.0 Å². The molecule has 8 heterocycles. The number of hydrogen-bond donors (Lipinski definition) is 4. The number of nitrogens with one attached hydrogen (secondary N) is 4. The number of aryl methyl sites for hydroxylation is 1. The molecule has 2 aliphatic rings. The first-order chi connectivity index (χ1) is 27.9. The number of amides is 1. The van der Waals surface area contributed by atoms with E-state index in [0.717, 1.165) is 99.9 Å². The van der Waals surface area contributed by atoms with Crippen molar-refractivity contribution in [3.8, 4) is 45.8 Å². The Morgan fingerprint density at radius 2 is 1.43 bits per heavy atom. The predicted molar refractivity (Wildman–Crippen MR) is 230 cm³/mol. The number of pyridine rings is 2. The number of rotatable bonds is 10. The minimum absolute atomic E-state index is 0.00739. The average Bonchev–Trinajstić information content (AvgIpc) is 4.02. The van der Waals surface area contributed by atoms with Crippen molar-refractivity contribution in [2.45, 2.75) is 62.9 Å². The molecular weight excluding hydrogens is 793 g/mol. The van der Waals surface area contributed by atoms with Gasteiger partial charge in [-0.15, -0.1) is 39.2 Å². The third-order valence-corrected chi connectivity index (χ3v) is 13.7. The van der Waals surface area contributed by atoms with E-state index in [0.29, 0.717) is 47.2 Å². The first kappa shape index (κ1) is 40.8. The summed E-state index contributed by atoms with van der Waals surface area (Å²) in [5.41, 5.74) is 5.14. The van der Waals surface area contributed by atoms with E-state index >= 15 is 0 Å². The van der Waals surface area contributed by atoms with Crippen LogP contribution in [0.2, 0.25) is 0 Å². The van der Waals surface area contributed by atoms with Crippen LogP contribution in [-0.4, -0.2) is 116 Å². The van der Waals surface area contributed by atoms with Crippen molar-refractivity contribution in [2.75, 3.05) is 49.6 Å². The third kappa shape index (κ3) is 9.32. The minimum atomic E-state index is -3.45. The zero-order chi connectivity index (χ0) is 41.0. The smallest absolute Gasteiger partial charge is 0.234 e. The summed E-state index contributed by atoms with van der Waals surface area (Å²) in [5, 5.41) is 28.1. The number of carbonyl (C=O) groups excluding carboxylic acids is 1. The van der Waals surface area contributed by atoms with E-state index in [2.05, 4.69) is 87.6 Å².